The molecule has 1 amide bonds. The van der Waals surface area contributed by atoms with Gasteiger partial charge in [0, 0.05) is 11.3 Å². The van der Waals surface area contributed by atoms with Gasteiger partial charge in [-0.1, -0.05) is 41.6 Å². The Labute approximate surface area is 131 Å². The highest BCUT2D eigenvalue weighted by atomic mass is 35.5. The summed E-state index contributed by atoms with van der Waals surface area (Å²) >= 11 is 7.29. The largest absolute Gasteiger partial charge is 0.389 e. The van der Waals surface area contributed by atoms with Crippen LogP contribution in [0.3, 0.4) is 0 Å². The maximum atomic E-state index is 12.3. The van der Waals surface area contributed by atoms with Crippen molar-refractivity contribution in [2.45, 2.75) is 18.2 Å². The number of nitrogens with one attached hydrogen (secondary N) is 1. The Kier molecular flexibility index (Phi) is 5.17. The number of carbonyl (C=O) groups excluding carboxylic acids is 1. The van der Waals surface area contributed by atoms with Crippen LogP contribution in [0.25, 0.3) is 0 Å². The highest BCUT2D eigenvalue weighted by Gasteiger charge is 2.16. The molecule has 0 aliphatic rings. The van der Waals surface area contributed by atoms with Gasteiger partial charge < -0.3 is 10.4 Å². The van der Waals surface area contributed by atoms with Gasteiger partial charge in [-0.2, -0.15) is 0 Å². The summed E-state index contributed by atoms with van der Waals surface area (Å²) in [5, 5.41) is 13.1. The average molecular weight is 324 g/mol. The lowest BCUT2D eigenvalue weighted by Gasteiger charge is -2.13. The molecule has 2 aromatic rings. The van der Waals surface area contributed by atoms with Crippen molar-refractivity contribution in [3.8, 4) is 0 Å². The van der Waals surface area contributed by atoms with Crippen molar-refractivity contribution in [1.29, 1.82) is 0 Å². The fourth-order valence-corrected chi connectivity index (χ4v) is 2.28. The topological polar surface area (TPSA) is 75.1 Å². The highest BCUT2D eigenvalue weighted by molar-refractivity contribution is 7.98. The third-order valence-corrected chi connectivity index (χ3v) is 3.62. The monoisotopic (exact) mass is 323 g/mol. The predicted molar refractivity (Wildman–Crippen MR) is 83.9 cm³/mol. The minimum atomic E-state index is -0.691. The maximum Gasteiger partial charge on any atom is 0.275 e. The molecule has 1 aromatic heterocycles. The first kappa shape index (κ1) is 15.8. The molecule has 2 rings (SSSR count). The molecule has 0 aliphatic heterocycles. The molecule has 21 heavy (non-hydrogen) atoms. The van der Waals surface area contributed by atoms with Crippen LogP contribution in [0, 0.1) is 0 Å². The fraction of sp³-hybridized carbons (Fsp3) is 0.214. The minimum absolute atomic E-state index is 0.108. The first-order valence-electron chi connectivity index (χ1n) is 6.17. The molecule has 1 unspecified atom stereocenters. The van der Waals surface area contributed by atoms with Crippen LogP contribution in [0.4, 0.5) is 5.69 Å². The van der Waals surface area contributed by atoms with E-state index >= 15 is 0 Å². The van der Waals surface area contributed by atoms with Gasteiger partial charge in [0.1, 0.15) is 0 Å². The summed E-state index contributed by atoms with van der Waals surface area (Å²) in [7, 11) is 0. The van der Waals surface area contributed by atoms with E-state index in [2.05, 4.69) is 15.3 Å². The zero-order chi connectivity index (χ0) is 15.4. The summed E-state index contributed by atoms with van der Waals surface area (Å²) < 4.78 is 0. The Bertz CT molecular complexity index is 664. The number of hydrogen-bond acceptors (Lipinski definition) is 5. The zero-order valence-electron chi connectivity index (χ0n) is 11.5. The third-order valence-electron chi connectivity index (χ3n) is 2.78. The molecule has 0 radical (unpaired) electrons. The maximum absolute atomic E-state index is 12.3. The van der Waals surface area contributed by atoms with Crippen molar-refractivity contribution in [3.05, 3.63) is 46.7 Å². The highest BCUT2D eigenvalue weighted by Crippen LogP contribution is 2.24. The van der Waals surface area contributed by atoms with Crippen molar-refractivity contribution < 1.29 is 9.90 Å². The molecule has 5 nitrogen and oxygen atoms in total. The molecule has 0 fully saturated rings. The summed E-state index contributed by atoms with van der Waals surface area (Å²) in [6.45, 7) is 1.63. The standard InChI is InChI=1S/C14H14ClN3O2S/c1-8(19)9-5-3-4-6-11(9)17-13(20)12-10(15)7-16-14(18-12)21-2/h3-8,19H,1-2H3,(H,17,20). The van der Waals surface area contributed by atoms with Crippen molar-refractivity contribution in [2.75, 3.05) is 11.6 Å². The Balaban J connectivity index is 2.30. The molecule has 0 saturated carbocycles. The number of carbonyl (C=O) groups is 1. The second-order valence-electron chi connectivity index (χ2n) is 4.27. The number of aliphatic hydroxyl groups excluding tert-OH is 1. The van der Waals surface area contributed by atoms with E-state index in [0.717, 1.165) is 0 Å². The van der Waals surface area contributed by atoms with E-state index in [4.69, 9.17) is 11.6 Å². The van der Waals surface area contributed by atoms with Gasteiger partial charge in [0.15, 0.2) is 10.9 Å². The number of hydrogen-bond donors (Lipinski definition) is 2. The molecule has 0 spiro atoms. The average Bonchev–Trinajstić information content (AvgIpc) is 2.48. The zero-order valence-corrected chi connectivity index (χ0v) is 13.1. The van der Waals surface area contributed by atoms with Gasteiger partial charge in [0.25, 0.3) is 5.91 Å². The molecule has 0 saturated heterocycles. The second kappa shape index (κ2) is 6.89. The lowest BCUT2D eigenvalue weighted by molar-refractivity contribution is 0.102. The second-order valence-corrected chi connectivity index (χ2v) is 5.45. The fourth-order valence-electron chi connectivity index (χ4n) is 1.77. The van der Waals surface area contributed by atoms with Crippen molar-refractivity contribution in [3.63, 3.8) is 0 Å². The summed E-state index contributed by atoms with van der Waals surface area (Å²) in [4.78, 5) is 20.4. The number of benzene rings is 1. The van der Waals surface area contributed by atoms with E-state index in [-0.39, 0.29) is 10.7 Å². The number of aromatic nitrogens is 2. The van der Waals surface area contributed by atoms with Crippen LogP contribution in [-0.4, -0.2) is 27.2 Å². The predicted octanol–water partition coefficient (Wildman–Crippen LogP) is 3.16. The number of amides is 1. The Morgan fingerprint density at radius 2 is 2.14 bits per heavy atom. The molecule has 7 heteroatoms. The lowest BCUT2D eigenvalue weighted by Crippen LogP contribution is -2.16. The normalized spacial score (nSPS) is 12.0. The molecule has 1 aromatic carbocycles. The Morgan fingerprint density at radius 1 is 1.43 bits per heavy atom. The molecule has 110 valence electrons. The van der Waals surface area contributed by atoms with Crippen molar-refractivity contribution in [1.82, 2.24) is 9.97 Å². The van der Waals surface area contributed by atoms with Gasteiger partial charge in [0.2, 0.25) is 0 Å². The van der Waals surface area contributed by atoms with E-state index in [1.54, 1.807) is 31.2 Å². The van der Waals surface area contributed by atoms with E-state index < -0.39 is 12.0 Å². The van der Waals surface area contributed by atoms with Gasteiger partial charge >= 0.3 is 0 Å². The summed E-state index contributed by atoms with van der Waals surface area (Å²) in [5.41, 5.74) is 1.26. The van der Waals surface area contributed by atoms with Gasteiger partial charge in [0.05, 0.1) is 17.3 Å². The van der Waals surface area contributed by atoms with Gasteiger partial charge in [-0.05, 0) is 19.2 Å². The summed E-state index contributed by atoms with van der Waals surface area (Å²) in [6.07, 6.45) is 2.52. The van der Waals surface area contributed by atoms with Crippen LogP contribution in [0.1, 0.15) is 29.1 Å². The molecule has 1 heterocycles. The van der Waals surface area contributed by atoms with Crippen molar-refractivity contribution in [2.24, 2.45) is 0 Å². The first-order valence-corrected chi connectivity index (χ1v) is 7.78. The number of nitrogens with zero attached hydrogens (tertiary/aromatic N) is 2. The molecular weight excluding hydrogens is 310 g/mol. The quantitative estimate of drug-likeness (QED) is 0.667. The molecule has 2 N–H and O–H groups in total. The number of anilines is 1. The summed E-state index contributed by atoms with van der Waals surface area (Å²) in [5.74, 6) is -0.439. The van der Waals surface area contributed by atoms with Crippen LogP contribution in [0.2, 0.25) is 5.02 Å². The third kappa shape index (κ3) is 3.72. The van der Waals surface area contributed by atoms with Crippen LogP contribution in [0.15, 0.2) is 35.6 Å². The van der Waals surface area contributed by atoms with Crippen LogP contribution in [0.5, 0.6) is 0 Å². The first-order chi connectivity index (χ1) is 10.0. The molecular formula is C14H14ClN3O2S. The number of para-hydroxylation sites is 1. The van der Waals surface area contributed by atoms with E-state index in [0.29, 0.717) is 16.4 Å². The van der Waals surface area contributed by atoms with E-state index in [9.17, 15) is 9.90 Å². The van der Waals surface area contributed by atoms with Crippen LogP contribution >= 0.6 is 23.4 Å². The van der Waals surface area contributed by atoms with Crippen LogP contribution in [-0.2, 0) is 0 Å². The SMILES string of the molecule is CSc1ncc(Cl)c(C(=O)Nc2ccccc2C(C)O)n1. The molecule has 1 atom stereocenters. The lowest BCUT2D eigenvalue weighted by atomic mass is 10.1. The minimum Gasteiger partial charge on any atom is -0.389 e. The van der Waals surface area contributed by atoms with E-state index in [1.165, 1.54) is 18.0 Å². The van der Waals surface area contributed by atoms with Crippen molar-refractivity contribution >= 4 is 35.0 Å². The van der Waals surface area contributed by atoms with Gasteiger partial charge in [-0.25, -0.2) is 9.97 Å². The number of thioether (sulfide) groups is 1. The smallest absolute Gasteiger partial charge is 0.275 e. The number of halogens is 1. The van der Waals surface area contributed by atoms with E-state index in [1.807, 2.05) is 6.26 Å². The molecule has 0 aliphatic carbocycles. The van der Waals surface area contributed by atoms with Gasteiger partial charge in [-0.3, -0.25) is 4.79 Å². The Morgan fingerprint density at radius 3 is 2.81 bits per heavy atom. The molecule has 0 bridgehead atoms. The number of rotatable bonds is 4. The Hall–Kier alpha value is -1.63. The van der Waals surface area contributed by atoms with Crippen LogP contribution < -0.4 is 5.32 Å². The van der Waals surface area contributed by atoms with Gasteiger partial charge in [-0.15, -0.1) is 0 Å². The number of aliphatic hydroxyl groups is 1. The summed E-state index contributed by atoms with van der Waals surface area (Å²) in [6, 6.07) is 7.03.